The molecule has 0 atom stereocenters. The van der Waals surface area contributed by atoms with Crippen LogP contribution < -0.4 is 5.32 Å². The lowest BCUT2D eigenvalue weighted by Gasteiger charge is -2.11. The second-order valence-corrected chi connectivity index (χ2v) is 6.30. The van der Waals surface area contributed by atoms with Crippen LogP contribution >= 0.6 is 0 Å². The maximum atomic E-state index is 12.5. The van der Waals surface area contributed by atoms with Gasteiger partial charge in [0.15, 0.2) is 6.61 Å². The molecule has 0 aliphatic carbocycles. The van der Waals surface area contributed by atoms with Gasteiger partial charge in [-0.15, -0.1) is 0 Å². The van der Waals surface area contributed by atoms with Gasteiger partial charge in [0.1, 0.15) is 5.76 Å². The van der Waals surface area contributed by atoms with Crippen LogP contribution in [0.4, 0.5) is 5.69 Å². The van der Waals surface area contributed by atoms with Crippen LogP contribution in [0.5, 0.6) is 0 Å². The summed E-state index contributed by atoms with van der Waals surface area (Å²) in [4.78, 5) is 24.9. The number of nitrogens with one attached hydrogen (secondary N) is 1. The van der Waals surface area contributed by atoms with E-state index in [4.69, 9.17) is 9.15 Å². The molecule has 0 aliphatic heterocycles. The summed E-state index contributed by atoms with van der Waals surface area (Å²) in [7, 11) is 0. The summed E-state index contributed by atoms with van der Waals surface area (Å²) in [5, 5.41) is 3.15. The van der Waals surface area contributed by atoms with Crippen molar-refractivity contribution in [3.63, 3.8) is 0 Å². The van der Waals surface area contributed by atoms with Gasteiger partial charge in [0.2, 0.25) is 5.78 Å². The van der Waals surface area contributed by atoms with E-state index in [0.29, 0.717) is 23.4 Å². The van der Waals surface area contributed by atoms with Gasteiger partial charge in [0, 0.05) is 11.3 Å². The van der Waals surface area contributed by atoms with Crippen LogP contribution in [0.3, 0.4) is 0 Å². The van der Waals surface area contributed by atoms with Crippen molar-refractivity contribution in [3.05, 3.63) is 88.9 Å². The average Bonchev–Trinajstić information content (AvgIpc) is 3.20. The summed E-state index contributed by atoms with van der Waals surface area (Å²) in [5.74, 6) is -0.00922. The van der Waals surface area contributed by atoms with E-state index >= 15 is 0 Å². The first-order chi connectivity index (χ1) is 13.0. The molecule has 0 bridgehead atoms. The lowest BCUT2D eigenvalue weighted by molar-refractivity contribution is 0.0475. The summed E-state index contributed by atoms with van der Waals surface area (Å²) in [6, 6.07) is 16.3. The smallest absolute Gasteiger partial charge is 0.340 e. The van der Waals surface area contributed by atoms with Crippen LogP contribution in [0.2, 0.25) is 0 Å². The Morgan fingerprint density at radius 2 is 1.81 bits per heavy atom. The molecule has 0 amide bonds. The van der Waals surface area contributed by atoms with Gasteiger partial charge in [-0.2, -0.15) is 0 Å². The molecule has 0 spiro atoms. The second-order valence-electron chi connectivity index (χ2n) is 6.30. The van der Waals surface area contributed by atoms with Crippen molar-refractivity contribution >= 4 is 17.4 Å². The zero-order valence-electron chi connectivity index (χ0n) is 15.3. The number of hydrogen-bond donors (Lipinski definition) is 1. The van der Waals surface area contributed by atoms with Crippen molar-refractivity contribution in [2.24, 2.45) is 0 Å². The SMILES string of the molecule is Cc1ccc(C)c(C(=O)COC(=O)c2ccccc2NCc2ccco2)c1. The van der Waals surface area contributed by atoms with Gasteiger partial charge in [0.05, 0.1) is 18.4 Å². The third-order valence-electron chi connectivity index (χ3n) is 4.21. The Bertz CT molecular complexity index is 945. The topological polar surface area (TPSA) is 68.5 Å². The number of benzene rings is 2. The van der Waals surface area contributed by atoms with E-state index in [-0.39, 0.29) is 12.4 Å². The van der Waals surface area contributed by atoms with E-state index in [1.807, 2.05) is 44.2 Å². The van der Waals surface area contributed by atoms with E-state index < -0.39 is 5.97 Å². The summed E-state index contributed by atoms with van der Waals surface area (Å²) >= 11 is 0. The fourth-order valence-electron chi connectivity index (χ4n) is 2.73. The monoisotopic (exact) mass is 363 g/mol. The van der Waals surface area contributed by atoms with Gasteiger partial charge in [-0.25, -0.2) is 4.79 Å². The number of Topliss-reactive ketones (excluding diaryl/α,β-unsaturated/α-hetero) is 1. The number of para-hydroxylation sites is 1. The summed E-state index contributed by atoms with van der Waals surface area (Å²) in [5.41, 5.74) is 3.42. The lowest BCUT2D eigenvalue weighted by Crippen LogP contribution is -2.16. The van der Waals surface area contributed by atoms with E-state index in [1.54, 1.807) is 30.5 Å². The lowest BCUT2D eigenvalue weighted by atomic mass is 10.0. The van der Waals surface area contributed by atoms with Crippen LogP contribution in [-0.4, -0.2) is 18.4 Å². The average molecular weight is 363 g/mol. The quantitative estimate of drug-likeness (QED) is 0.493. The molecular weight excluding hydrogens is 342 g/mol. The third kappa shape index (κ3) is 4.64. The largest absolute Gasteiger partial charge is 0.467 e. The number of hydrogen-bond acceptors (Lipinski definition) is 5. The van der Waals surface area contributed by atoms with Gasteiger partial charge in [-0.1, -0.05) is 29.8 Å². The van der Waals surface area contributed by atoms with Crippen molar-refractivity contribution in [2.45, 2.75) is 20.4 Å². The van der Waals surface area contributed by atoms with Gasteiger partial charge < -0.3 is 14.5 Å². The Labute approximate surface area is 158 Å². The summed E-state index contributed by atoms with van der Waals surface area (Å²) < 4.78 is 10.5. The summed E-state index contributed by atoms with van der Waals surface area (Å²) in [6.07, 6.45) is 1.59. The number of carbonyl (C=O) groups is 2. The zero-order chi connectivity index (χ0) is 19.2. The van der Waals surface area contributed by atoms with E-state index in [9.17, 15) is 9.59 Å². The highest BCUT2D eigenvalue weighted by molar-refractivity contribution is 6.01. The molecule has 138 valence electrons. The van der Waals surface area contributed by atoms with Gasteiger partial charge in [0.25, 0.3) is 0 Å². The first-order valence-electron chi connectivity index (χ1n) is 8.67. The Hall–Kier alpha value is -3.34. The molecule has 0 aliphatic rings. The predicted molar refractivity (Wildman–Crippen MR) is 103 cm³/mol. The molecule has 2 aromatic carbocycles. The number of ketones is 1. The number of rotatable bonds is 7. The molecule has 0 unspecified atom stereocenters. The number of furan rings is 1. The minimum atomic E-state index is -0.545. The molecule has 3 rings (SSSR count). The first-order valence-corrected chi connectivity index (χ1v) is 8.67. The fraction of sp³-hybridized carbons (Fsp3) is 0.182. The minimum absolute atomic E-state index is 0.217. The van der Waals surface area contributed by atoms with Gasteiger partial charge >= 0.3 is 5.97 Å². The van der Waals surface area contributed by atoms with E-state index in [2.05, 4.69) is 5.32 Å². The normalized spacial score (nSPS) is 10.4. The maximum Gasteiger partial charge on any atom is 0.340 e. The van der Waals surface area contributed by atoms with Crippen molar-refractivity contribution < 1.29 is 18.7 Å². The molecule has 5 nitrogen and oxygen atoms in total. The Kier molecular flexibility index (Phi) is 5.71. The molecule has 27 heavy (non-hydrogen) atoms. The van der Waals surface area contributed by atoms with Crippen LogP contribution in [0.25, 0.3) is 0 Å². The molecule has 3 aromatic rings. The number of carbonyl (C=O) groups excluding carboxylic acids is 2. The highest BCUT2D eigenvalue weighted by atomic mass is 16.5. The van der Waals surface area contributed by atoms with Crippen molar-refractivity contribution in [2.75, 3.05) is 11.9 Å². The molecule has 0 saturated carbocycles. The highest BCUT2D eigenvalue weighted by Gasteiger charge is 2.16. The number of esters is 1. The molecule has 1 heterocycles. The Morgan fingerprint density at radius 1 is 1.00 bits per heavy atom. The third-order valence-corrected chi connectivity index (χ3v) is 4.21. The molecule has 0 fully saturated rings. The van der Waals surface area contributed by atoms with Crippen molar-refractivity contribution in [1.29, 1.82) is 0 Å². The Balaban J connectivity index is 1.65. The van der Waals surface area contributed by atoms with Crippen LogP contribution in [0.1, 0.15) is 37.6 Å². The van der Waals surface area contributed by atoms with Crippen LogP contribution in [-0.2, 0) is 11.3 Å². The maximum absolute atomic E-state index is 12.5. The highest BCUT2D eigenvalue weighted by Crippen LogP contribution is 2.18. The standard InChI is InChI=1S/C22H21NO4/c1-15-9-10-16(2)19(12-15)21(24)14-27-22(25)18-7-3-4-8-20(18)23-13-17-6-5-11-26-17/h3-12,23H,13-14H2,1-2H3. The number of anilines is 1. The van der Waals surface area contributed by atoms with Gasteiger partial charge in [-0.05, 0) is 49.7 Å². The van der Waals surface area contributed by atoms with E-state index in [1.165, 1.54) is 0 Å². The van der Waals surface area contributed by atoms with Crippen molar-refractivity contribution in [1.82, 2.24) is 0 Å². The number of aryl methyl sites for hydroxylation is 2. The van der Waals surface area contributed by atoms with E-state index in [0.717, 1.165) is 16.9 Å². The molecule has 1 N–H and O–H groups in total. The van der Waals surface area contributed by atoms with Crippen LogP contribution in [0.15, 0.2) is 65.3 Å². The molecular formula is C22H21NO4. The number of ether oxygens (including phenoxy) is 1. The second kappa shape index (κ2) is 8.36. The molecule has 5 heteroatoms. The fourth-order valence-corrected chi connectivity index (χ4v) is 2.73. The van der Waals surface area contributed by atoms with Gasteiger partial charge in [-0.3, -0.25) is 4.79 Å². The molecule has 0 saturated heterocycles. The minimum Gasteiger partial charge on any atom is -0.467 e. The first kappa shape index (κ1) is 18.5. The van der Waals surface area contributed by atoms with Crippen molar-refractivity contribution in [3.8, 4) is 0 Å². The zero-order valence-corrected chi connectivity index (χ0v) is 15.3. The Morgan fingerprint density at radius 3 is 2.59 bits per heavy atom. The molecule has 1 aromatic heterocycles. The summed E-state index contributed by atoms with van der Waals surface area (Å²) in [6.45, 7) is 3.93. The predicted octanol–water partition coefficient (Wildman–Crippen LogP) is 4.55. The molecule has 0 radical (unpaired) electrons. The van der Waals surface area contributed by atoms with Crippen LogP contribution in [0, 0.1) is 13.8 Å².